The highest BCUT2D eigenvalue weighted by Crippen LogP contribution is 2.16. The Hall–Kier alpha value is -2.39. The summed E-state index contributed by atoms with van der Waals surface area (Å²) in [7, 11) is -0.613. The SMILES string of the molecule is Clc1ccccc1B(Oc1ccccc1)Oc1ccccc1. The topological polar surface area (TPSA) is 18.5 Å². The summed E-state index contributed by atoms with van der Waals surface area (Å²) in [6.07, 6.45) is 0. The lowest BCUT2D eigenvalue weighted by molar-refractivity contribution is 0.439. The average Bonchev–Trinajstić information content (AvgIpc) is 2.57. The molecule has 0 amide bonds. The molecule has 0 saturated heterocycles. The number of hydrogen-bond donors (Lipinski definition) is 0. The summed E-state index contributed by atoms with van der Waals surface area (Å²) in [5, 5.41) is 0.611. The summed E-state index contributed by atoms with van der Waals surface area (Å²) in [4.78, 5) is 0. The van der Waals surface area contributed by atoms with Gasteiger partial charge in [-0.15, -0.1) is 0 Å². The number of para-hydroxylation sites is 2. The summed E-state index contributed by atoms with van der Waals surface area (Å²) in [5.41, 5.74) is 0.789. The van der Waals surface area contributed by atoms with Gasteiger partial charge in [0.05, 0.1) is 0 Å². The maximum Gasteiger partial charge on any atom is 0.634 e. The van der Waals surface area contributed by atoms with Crippen molar-refractivity contribution in [2.24, 2.45) is 0 Å². The Morgan fingerprint density at radius 2 is 1.05 bits per heavy atom. The Morgan fingerprint density at radius 3 is 1.55 bits per heavy atom. The van der Waals surface area contributed by atoms with Gasteiger partial charge in [-0.3, -0.25) is 0 Å². The number of halogens is 1. The van der Waals surface area contributed by atoms with Gasteiger partial charge in [0.15, 0.2) is 0 Å². The van der Waals surface area contributed by atoms with Gasteiger partial charge < -0.3 is 9.31 Å². The molecular weight excluding hydrogens is 294 g/mol. The van der Waals surface area contributed by atoms with E-state index in [9.17, 15) is 0 Å². The molecule has 3 aromatic carbocycles. The highest BCUT2D eigenvalue weighted by Gasteiger charge is 2.28. The first-order valence-electron chi connectivity index (χ1n) is 7.01. The molecular formula is C18H14BClO2. The lowest BCUT2D eigenvalue weighted by Crippen LogP contribution is -2.43. The zero-order valence-electron chi connectivity index (χ0n) is 11.9. The first-order chi connectivity index (χ1) is 10.8. The van der Waals surface area contributed by atoms with E-state index in [1.165, 1.54) is 0 Å². The summed E-state index contributed by atoms with van der Waals surface area (Å²) in [5.74, 6) is 1.45. The van der Waals surface area contributed by atoms with Crippen LogP contribution in [-0.4, -0.2) is 7.12 Å². The smallest absolute Gasteiger partial charge is 0.522 e. The molecule has 0 atom stereocenters. The fourth-order valence-electron chi connectivity index (χ4n) is 2.06. The van der Waals surface area contributed by atoms with Gasteiger partial charge in [0, 0.05) is 10.5 Å². The van der Waals surface area contributed by atoms with E-state index in [1.807, 2.05) is 84.9 Å². The van der Waals surface area contributed by atoms with Crippen LogP contribution in [0.1, 0.15) is 0 Å². The van der Waals surface area contributed by atoms with Crippen LogP contribution in [0.15, 0.2) is 84.9 Å². The molecule has 0 unspecified atom stereocenters. The molecule has 0 N–H and O–H groups in total. The van der Waals surface area contributed by atoms with Crippen LogP contribution < -0.4 is 14.8 Å². The summed E-state index contributed by atoms with van der Waals surface area (Å²) < 4.78 is 12.0. The van der Waals surface area contributed by atoms with Crippen molar-refractivity contribution in [3.05, 3.63) is 90.0 Å². The van der Waals surface area contributed by atoms with Crippen molar-refractivity contribution >= 4 is 24.2 Å². The van der Waals surface area contributed by atoms with Crippen LogP contribution in [0.4, 0.5) is 0 Å². The van der Waals surface area contributed by atoms with Gasteiger partial charge in [0.1, 0.15) is 11.5 Å². The van der Waals surface area contributed by atoms with Gasteiger partial charge in [-0.2, -0.15) is 0 Å². The third-order valence-electron chi connectivity index (χ3n) is 3.13. The van der Waals surface area contributed by atoms with Crippen molar-refractivity contribution in [1.29, 1.82) is 0 Å². The van der Waals surface area contributed by atoms with Gasteiger partial charge in [-0.1, -0.05) is 66.2 Å². The molecule has 0 heterocycles. The second-order valence-corrected chi connectivity index (χ2v) is 5.12. The van der Waals surface area contributed by atoms with Crippen molar-refractivity contribution in [3.63, 3.8) is 0 Å². The summed E-state index contributed by atoms with van der Waals surface area (Å²) >= 11 is 6.29. The monoisotopic (exact) mass is 308 g/mol. The molecule has 2 nitrogen and oxygen atoms in total. The van der Waals surface area contributed by atoms with E-state index in [0.29, 0.717) is 5.02 Å². The normalized spacial score (nSPS) is 10.0. The predicted octanol–water partition coefficient (Wildman–Crippen LogP) is 4.19. The molecule has 108 valence electrons. The van der Waals surface area contributed by atoms with Crippen LogP contribution in [0.25, 0.3) is 0 Å². The molecule has 4 heteroatoms. The zero-order chi connectivity index (χ0) is 15.2. The maximum absolute atomic E-state index is 6.29. The maximum atomic E-state index is 6.29. The fourth-order valence-corrected chi connectivity index (χ4v) is 2.29. The molecule has 0 radical (unpaired) electrons. The van der Waals surface area contributed by atoms with Gasteiger partial charge >= 0.3 is 7.12 Å². The fraction of sp³-hybridized carbons (Fsp3) is 0. The second-order valence-electron chi connectivity index (χ2n) is 4.72. The highest BCUT2D eigenvalue weighted by atomic mass is 35.5. The van der Waals surface area contributed by atoms with E-state index in [1.54, 1.807) is 0 Å². The van der Waals surface area contributed by atoms with E-state index in [4.69, 9.17) is 20.9 Å². The molecule has 0 fully saturated rings. The quantitative estimate of drug-likeness (QED) is 0.658. The van der Waals surface area contributed by atoms with E-state index in [2.05, 4.69) is 0 Å². The van der Waals surface area contributed by atoms with Crippen molar-refractivity contribution in [1.82, 2.24) is 0 Å². The van der Waals surface area contributed by atoms with E-state index in [-0.39, 0.29) is 0 Å². The molecule has 0 saturated carbocycles. The van der Waals surface area contributed by atoms with Crippen molar-refractivity contribution in [2.75, 3.05) is 0 Å². The van der Waals surface area contributed by atoms with Crippen LogP contribution in [0, 0.1) is 0 Å². The van der Waals surface area contributed by atoms with E-state index >= 15 is 0 Å². The number of hydrogen-bond acceptors (Lipinski definition) is 2. The molecule has 0 aliphatic heterocycles. The third-order valence-corrected chi connectivity index (χ3v) is 3.48. The van der Waals surface area contributed by atoms with Crippen molar-refractivity contribution in [2.45, 2.75) is 0 Å². The highest BCUT2D eigenvalue weighted by molar-refractivity contribution is 6.66. The van der Waals surface area contributed by atoms with Crippen LogP contribution in [0.5, 0.6) is 11.5 Å². The van der Waals surface area contributed by atoms with Gasteiger partial charge in [0.25, 0.3) is 0 Å². The first-order valence-corrected chi connectivity index (χ1v) is 7.38. The van der Waals surface area contributed by atoms with Crippen LogP contribution in [-0.2, 0) is 0 Å². The Balaban J connectivity index is 1.90. The molecule has 3 rings (SSSR count). The van der Waals surface area contributed by atoms with Crippen LogP contribution in [0.3, 0.4) is 0 Å². The Kier molecular flexibility index (Phi) is 4.66. The Bertz CT molecular complexity index is 678. The third kappa shape index (κ3) is 3.63. The molecule has 22 heavy (non-hydrogen) atoms. The molecule has 0 bridgehead atoms. The van der Waals surface area contributed by atoms with Gasteiger partial charge in [-0.05, 0) is 30.3 Å². The minimum atomic E-state index is -0.613. The molecule has 0 spiro atoms. The predicted molar refractivity (Wildman–Crippen MR) is 91.0 cm³/mol. The van der Waals surface area contributed by atoms with E-state index in [0.717, 1.165) is 17.0 Å². The lowest BCUT2D eigenvalue weighted by atomic mass is 9.78. The van der Waals surface area contributed by atoms with Crippen molar-refractivity contribution in [3.8, 4) is 11.5 Å². The second kappa shape index (κ2) is 7.05. The average molecular weight is 309 g/mol. The van der Waals surface area contributed by atoms with Crippen molar-refractivity contribution < 1.29 is 9.31 Å². The largest absolute Gasteiger partial charge is 0.634 e. The lowest BCUT2D eigenvalue weighted by Gasteiger charge is -2.17. The molecule has 0 aromatic heterocycles. The van der Waals surface area contributed by atoms with E-state index < -0.39 is 7.12 Å². The summed E-state index contributed by atoms with van der Waals surface area (Å²) in [6.45, 7) is 0. The molecule has 0 aliphatic rings. The first kappa shape index (κ1) is 14.5. The Morgan fingerprint density at radius 1 is 0.591 bits per heavy atom. The van der Waals surface area contributed by atoms with Crippen LogP contribution in [0.2, 0.25) is 5.02 Å². The summed E-state index contributed by atoms with van der Waals surface area (Å²) in [6, 6.07) is 26.6. The zero-order valence-corrected chi connectivity index (χ0v) is 12.6. The van der Waals surface area contributed by atoms with Crippen LogP contribution >= 0.6 is 11.6 Å². The molecule has 0 aliphatic carbocycles. The minimum Gasteiger partial charge on any atom is -0.522 e. The number of rotatable bonds is 5. The van der Waals surface area contributed by atoms with Gasteiger partial charge in [-0.25, -0.2) is 0 Å². The molecule has 3 aromatic rings. The van der Waals surface area contributed by atoms with Gasteiger partial charge in [0.2, 0.25) is 0 Å². The number of benzene rings is 3. The minimum absolute atomic E-state index is 0.611. The standard InChI is InChI=1S/C18H14BClO2/c20-18-14-8-7-13-17(18)19(21-15-9-3-1-4-10-15)22-16-11-5-2-6-12-16/h1-14H. The Labute approximate surface area is 135 Å².